The second kappa shape index (κ2) is 10.1. The van der Waals surface area contributed by atoms with Gasteiger partial charge in [-0.2, -0.15) is 0 Å². The lowest BCUT2D eigenvalue weighted by Gasteiger charge is -2.26. The summed E-state index contributed by atoms with van der Waals surface area (Å²) in [4.78, 5) is 30.1. The highest BCUT2D eigenvalue weighted by molar-refractivity contribution is 5.89. The van der Waals surface area contributed by atoms with Crippen molar-refractivity contribution in [3.8, 4) is 0 Å². The van der Waals surface area contributed by atoms with Gasteiger partial charge in [0.2, 0.25) is 0 Å². The minimum atomic E-state index is -0.367. The van der Waals surface area contributed by atoms with Crippen molar-refractivity contribution in [2.24, 2.45) is 0 Å². The van der Waals surface area contributed by atoms with E-state index in [1.54, 1.807) is 11.8 Å². The first-order valence-electron chi connectivity index (χ1n) is 10.2. The predicted molar refractivity (Wildman–Crippen MR) is 115 cm³/mol. The van der Waals surface area contributed by atoms with Gasteiger partial charge in [-0.1, -0.05) is 36.8 Å². The van der Waals surface area contributed by atoms with Gasteiger partial charge in [-0.3, -0.25) is 0 Å². The number of nitrogens with one attached hydrogen (secondary N) is 2. The van der Waals surface area contributed by atoms with Gasteiger partial charge in [-0.25, -0.2) is 9.59 Å². The van der Waals surface area contributed by atoms with Crippen LogP contribution >= 0.6 is 0 Å². The maximum Gasteiger partial charge on any atom is 0.355 e. The van der Waals surface area contributed by atoms with Crippen LogP contribution in [0.3, 0.4) is 0 Å². The molecule has 6 heteroatoms. The quantitative estimate of drug-likeness (QED) is 0.636. The third-order valence-corrected chi connectivity index (χ3v) is 5.18. The number of aryl methyl sites for hydroxylation is 2. The van der Waals surface area contributed by atoms with Gasteiger partial charge in [-0.15, -0.1) is 0 Å². The van der Waals surface area contributed by atoms with E-state index in [-0.39, 0.29) is 18.0 Å². The molecule has 2 N–H and O–H groups in total. The molecule has 2 rings (SSSR count). The van der Waals surface area contributed by atoms with Crippen LogP contribution in [0.15, 0.2) is 24.3 Å². The van der Waals surface area contributed by atoms with Gasteiger partial charge in [0.25, 0.3) is 0 Å². The lowest BCUT2D eigenvalue weighted by atomic mass is 10.1. The van der Waals surface area contributed by atoms with E-state index in [0.29, 0.717) is 25.4 Å². The summed E-state index contributed by atoms with van der Waals surface area (Å²) < 4.78 is 5.14. The van der Waals surface area contributed by atoms with E-state index in [4.69, 9.17) is 4.74 Å². The van der Waals surface area contributed by atoms with Gasteiger partial charge in [0.1, 0.15) is 5.69 Å². The Morgan fingerprint density at radius 2 is 1.76 bits per heavy atom. The van der Waals surface area contributed by atoms with Crippen LogP contribution in [0.4, 0.5) is 4.79 Å². The Balaban J connectivity index is 2.30. The minimum absolute atomic E-state index is 0.0894. The zero-order valence-electron chi connectivity index (χ0n) is 18.4. The van der Waals surface area contributed by atoms with Crippen molar-refractivity contribution in [2.45, 2.75) is 67.1 Å². The smallest absolute Gasteiger partial charge is 0.355 e. The molecule has 0 spiro atoms. The second-order valence-corrected chi connectivity index (χ2v) is 7.55. The lowest BCUT2D eigenvalue weighted by Crippen LogP contribution is -2.43. The van der Waals surface area contributed by atoms with Crippen molar-refractivity contribution in [3.63, 3.8) is 0 Å². The topological polar surface area (TPSA) is 74.4 Å². The Labute approximate surface area is 173 Å². The molecule has 0 bridgehead atoms. The molecule has 1 atom stereocenters. The summed E-state index contributed by atoms with van der Waals surface area (Å²) >= 11 is 0. The Bertz CT molecular complexity index is 840. The maximum absolute atomic E-state index is 13.0. The fourth-order valence-corrected chi connectivity index (χ4v) is 3.14. The minimum Gasteiger partial charge on any atom is -0.461 e. The zero-order valence-corrected chi connectivity index (χ0v) is 18.4. The van der Waals surface area contributed by atoms with Gasteiger partial charge >= 0.3 is 12.0 Å². The van der Waals surface area contributed by atoms with Gasteiger partial charge in [0, 0.05) is 24.8 Å². The summed E-state index contributed by atoms with van der Waals surface area (Å²) in [7, 11) is 0. The van der Waals surface area contributed by atoms with Crippen LogP contribution in [0.1, 0.15) is 65.6 Å². The number of carbonyl (C=O) groups is 2. The molecule has 29 heavy (non-hydrogen) atoms. The number of hydrogen-bond donors (Lipinski definition) is 2. The number of aromatic amines is 1. The summed E-state index contributed by atoms with van der Waals surface area (Å²) in [5.41, 5.74) is 5.34. The molecular weight excluding hydrogens is 366 g/mol. The number of urea groups is 1. The summed E-state index contributed by atoms with van der Waals surface area (Å²) in [6.45, 7) is 12.9. The molecule has 0 fully saturated rings. The van der Waals surface area contributed by atoms with Gasteiger partial charge in [0.05, 0.1) is 6.61 Å². The molecule has 0 aliphatic carbocycles. The Kier molecular flexibility index (Phi) is 7.88. The molecule has 0 saturated heterocycles. The first-order valence-corrected chi connectivity index (χ1v) is 10.2. The summed E-state index contributed by atoms with van der Waals surface area (Å²) in [6.07, 6.45) is 0.860. The van der Waals surface area contributed by atoms with Crippen molar-refractivity contribution in [1.82, 2.24) is 15.2 Å². The highest BCUT2D eigenvalue weighted by Crippen LogP contribution is 2.22. The molecule has 1 aromatic carbocycles. The maximum atomic E-state index is 13.0. The lowest BCUT2D eigenvalue weighted by molar-refractivity contribution is 0.0519. The van der Waals surface area contributed by atoms with Crippen LogP contribution in [0.5, 0.6) is 0 Å². The van der Waals surface area contributed by atoms with Crippen LogP contribution < -0.4 is 5.32 Å². The highest BCUT2D eigenvalue weighted by Gasteiger charge is 2.23. The molecule has 0 radical (unpaired) electrons. The molecule has 0 saturated carbocycles. The average Bonchev–Trinajstić information content (AvgIpc) is 2.97. The molecule has 0 aliphatic heterocycles. The van der Waals surface area contributed by atoms with Gasteiger partial charge in [-0.05, 0) is 57.7 Å². The molecule has 6 nitrogen and oxygen atoms in total. The van der Waals surface area contributed by atoms with Crippen LogP contribution in [0.2, 0.25) is 0 Å². The van der Waals surface area contributed by atoms with E-state index in [9.17, 15) is 9.59 Å². The van der Waals surface area contributed by atoms with E-state index >= 15 is 0 Å². The van der Waals surface area contributed by atoms with Gasteiger partial charge < -0.3 is 19.9 Å². The van der Waals surface area contributed by atoms with E-state index in [1.807, 2.05) is 58.9 Å². The Morgan fingerprint density at radius 1 is 1.10 bits per heavy atom. The van der Waals surface area contributed by atoms with E-state index < -0.39 is 0 Å². The number of hydrogen-bond acceptors (Lipinski definition) is 3. The standard InChI is InChI=1S/C23H33N3O3/c1-7-16(4)24-23(28)26(13-19-11-9-15(3)10-12-19)14-20-17(5)21(25-18(20)6)22(27)29-8-2/h9-12,16,25H,7-8,13-14H2,1-6H3,(H,24,28)/t16-/m1/s1. The van der Waals surface area contributed by atoms with Crippen LogP contribution in [0.25, 0.3) is 0 Å². The fraction of sp³-hybridized carbons (Fsp3) is 0.478. The molecule has 2 amide bonds. The average molecular weight is 400 g/mol. The molecule has 2 aromatic rings. The number of ether oxygens (including phenoxy) is 1. The van der Waals surface area contributed by atoms with E-state index in [2.05, 4.69) is 10.3 Å². The molecule has 0 aliphatic rings. The summed E-state index contributed by atoms with van der Waals surface area (Å²) in [5, 5.41) is 3.06. The highest BCUT2D eigenvalue weighted by atomic mass is 16.5. The van der Waals surface area contributed by atoms with Crippen molar-refractivity contribution >= 4 is 12.0 Å². The fourth-order valence-electron chi connectivity index (χ4n) is 3.14. The van der Waals surface area contributed by atoms with Crippen LogP contribution in [-0.2, 0) is 17.8 Å². The number of rotatable bonds is 8. The number of aromatic nitrogens is 1. The number of benzene rings is 1. The number of amides is 2. The largest absolute Gasteiger partial charge is 0.461 e. The second-order valence-electron chi connectivity index (χ2n) is 7.55. The molecule has 0 unspecified atom stereocenters. The number of esters is 1. The van der Waals surface area contributed by atoms with Crippen molar-refractivity contribution in [2.75, 3.05) is 6.61 Å². The van der Waals surface area contributed by atoms with E-state index in [0.717, 1.165) is 28.8 Å². The van der Waals surface area contributed by atoms with Crippen LogP contribution in [-0.4, -0.2) is 34.5 Å². The first kappa shape index (κ1) is 22.5. The molecule has 158 valence electrons. The predicted octanol–water partition coefficient (Wildman–Crippen LogP) is 4.63. The molecular formula is C23H33N3O3. The third kappa shape index (κ3) is 5.86. The number of nitrogens with zero attached hydrogens (tertiary/aromatic N) is 1. The number of H-pyrrole nitrogens is 1. The van der Waals surface area contributed by atoms with Gasteiger partial charge in [0.15, 0.2) is 0 Å². The Morgan fingerprint density at radius 3 is 2.34 bits per heavy atom. The SMILES string of the molecule is CCOC(=O)c1[nH]c(C)c(CN(Cc2ccc(C)cc2)C(=O)N[C@H](C)CC)c1C. The van der Waals surface area contributed by atoms with E-state index in [1.165, 1.54) is 5.56 Å². The van der Waals surface area contributed by atoms with Crippen molar-refractivity contribution in [3.05, 3.63) is 57.9 Å². The normalized spacial score (nSPS) is 11.8. The summed E-state index contributed by atoms with van der Waals surface area (Å²) in [5.74, 6) is -0.367. The van der Waals surface area contributed by atoms with Crippen molar-refractivity contribution < 1.29 is 14.3 Å². The zero-order chi connectivity index (χ0) is 21.6. The summed E-state index contributed by atoms with van der Waals surface area (Å²) in [6, 6.07) is 8.15. The number of carbonyl (C=O) groups excluding carboxylic acids is 2. The Hall–Kier alpha value is -2.76. The molecule has 1 heterocycles. The monoisotopic (exact) mass is 399 g/mol. The van der Waals surface area contributed by atoms with Crippen LogP contribution in [0, 0.1) is 20.8 Å². The third-order valence-electron chi connectivity index (χ3n) is 5.18. The first-order chi connectivity index (χ1) is 13.8. The van der Waals surface area contributed by atoms with Crippen molar-refractivity contribution in [1.29, 1.82) is 0 Å². The molecule has 1 aromatic heterocycles.